The lowest BCUT2D eigenvalue weighted by Crippen LogP contribution is -2.45. The van der Waals surface area contributed by atoms with Gasteiger partial charge in [-0.15, -0.1) is 0 Å². The second-order valence-corrected chi connectivity index (χ2v) is 6.47. The first-order valence-electron chi connectivity index (χ1n) is 8.67. The number of likely N-dealkylation sites (tertiary alicyclic amines) is 1. The third-order valence-electron chi connectivity index (χ3n) is 4.43. The summed E-state index contributed by atoms with van der Waals surface area (Å²) in [5, 5.41) is 8.99. The van der Waals surface area contributed by atoms with Gasteiger partial charge in [0, 0.05) is 32.0 Å². The van der Waals surface area contributed by atoms with E-state index < -0.39 is 18.2 Å². The molecule has 27 heavy (non-hydrogen) atoms. The summed E-state index contributed by atoms with van der Waals surface area (Å²) in [7, 11) is 1.51. The molecule has 0 aliphatic carbocycles. The van der Waals surface area contributed by atoms with E-state index in [4.69, 9.17) is 0 Å². The fraction of sp³-hybridized carbons (Fsp3) is 0.389. The highest BCUT2D eigenvalue weighted by atomic mass is 19.3. The third kappa shape index (κ3) is 4.60. The number of piperidine rings is 1. The Kier molecular flexibility index (Phi) is 5.68. The number of hydrogen-bond acceptors (Lipinski definition) is 3. The van der Waals surface area contributed by atoms with Gasteiger partial charge in [0.1, 0.15) is 0 Å². The summed E-state index contributed by atoms with van der Waals surface area (Å²) in [5.41, 5.74) is 0.204. The Bertz CT molecular complexity index is 809. The van der Waals surface area contributed by atoms with Crippen molar-refractivity contribution >= 4 is 23.3 Å². The van der Waals surface area contributed by atoms with Crippen LogP contribution in [0.25, 0.3) is 0 Å². The molecule has 2 heterocycles. The zero-order valence-electron chi connectivity index (χ0n) is 14.9. The Hall–Kier alpha value is -2.97. The molecule has 3 amide bonds. The Balaban J connectivity index is 1.62. The molecule has 144 valence electrons. The van der Waals surface area contributed by atoms with E-state index in [9.17, 15) is 18.4 Å². The van der Waals surface area contributed by atoms with Crippen molar-refractivity contribution < 1.29 is 18.4 Å². The first kappa shape index (κ1) is 18.8. The van der Waals surface area contributed by atoms with Gasteiger partial charge in [0.05, 0.1) is 11.6 Å². The predicted molar refractivity (Wildman–Crippen MR) is 96.6 cm³/mol. The van der Waals surface area contributed by atoms with Crippen molar-refractivity contribution in [2.24, 2.45) is 13.0 Å². The highest BCUT2D eigenvalue weighted by molar-refractivity contribution is 5.94. The number of rotatable bonds is 4. The number of para-hydroxylation sites is 1. The fourth-order valence-electron chi connectivity index (χ4n) is 3.10. The average Bonchev–Trinajstić information content (AvgIpc) is 3.03. The highest BCUT2D eigenvalue weighted by Gasteiger charge is 2.29. The molecule has 1 aliphatic heterocycles. The molecule has 1 saturated heterocycles. The van der Waals surface area contributed by atoms with E-state index in [1.807, 2.05) is 18.2 Å². The lowest BCUT2D eigenvalue weighted by Gasteiger charge is -2.32. The Labute approximate surface area is 155 Å². The summed E-state index contributed by atoms with van der Waals surface area (Å²) in [6.07, 6.45) is -0.123. The van der Waals surface area contributed by atoms with Crippen LogP contribution in [0, 0.1) is 5.92 Å². The summed E-state index contributed by atoms with van der Waals surface area (Å²) >= 11 is 0. The minimum Gasteiger partial charge on any atom is -0.326 e. The van der Waals surface area contributed by atoms with E-state index in [1.54, 1.807) is 12.1 Å². The minimum atomic E-state index is -2.78. The third-order valence-corrected chi connectivity index (χ3v) is 4.43. The number of aryl methyl sites for hydroxylation is 1. The monoisotopic (exact) mass is 377 g/mol. The maximum atomic E-state index is 13.0. The first-order chi connectivity index (χ1) is 12.9. The molecule has 1 fully saturated rings. The zero-order valence-corrected chi connectivity index (χ0v) is 14.9. The molecular weight excluding hydrogens is 356 g/mol. The topological polar surface area (TPSA) is 79.3 Å². The number of halogens is 2. The molecule has 9 heteroatoms. The number of urea groups is 1. The van der Waals surface area contributed by atoms with Crippen molar-refractivity contribution in [1.29, 1.82) is 0 Å². The molecule has 0 radical (unpaired) electrons. The Morgan fingerprint density at radius 2 is 1.96 bits per heavy atom. The van der Waals surface area contributed by atoms with Crippen LogP contribution in [0.2, 0.25) is 0 Å². The number of aromatic nitrogens is 2. The van der Waals surface area contributed by atoms with Gasteiger partial charge in [-0.1, -0.05) is 18.2 Å². The molecule has 1 atom stereocenters. The van der Waals surface area contributed by atoms with Crippen LogP contribution >= 0.6 is 0 Å². The molecule has 2 N–H and O–H groups in total. The van der Waals surface area contributed by atoms with Gasteiger partial charge in [-0.2, -0.15) is 5.10 Å². The lowest BCUT2D eigenvalue weighted by atomic mass is 9.97. The first-order valence-corrected chi connectivity index (χ1v) is 8.67. The largest absolute Gasteiger partial charge is 0.326 e. The fourth-order valence-corrected chi connectivity index (χ4v) is 3.10. The van der Waals surface area contributed by atoms with Crippen LogP contribution in [0.3, 0.4) is 0 Å². The van der Waals surface area contributed by atoms with Crippen molar-refractivity contribution in [2.45, 2.75) is 19.3 Å². The van der Waals surface area contributed by atoms with Crippen LogP contribution in [0.5, 0.6) is 0 Å². The Morgan fingerprint density at radius 3 is 2.67 bits per heavy atom. The normalized spacial score (nSPS) is 17.0. The van der Waals surface area contributed by atoms with Crippen LogP contribution in [-0.2, 0) is 11.8 Å². The number of benzene rings is 1. The van der Waals surface area contributed by atoms with Crippen LogP contribution in [0.1, 0.15) is 25.0 Å². The molecule has 0 spiro atoms. The van der Waals surface area contributed by atoms with E-state index in [0.29, 0.717) is 25.1 Å². The predicted octanol–water partition coefficient (Wildman–Crippen LogP) is 3.24. The second-order valence-electron chi connectivity index (χ2n) is 6.47. The van der Waals surface area contributed by atoms with E-state index in [1.165, 1.54) is 22.8 Å². The van der Waals surface area contributed by atoms with Gasteiger partial charge in [-0.05, 0) is 25.0 Å². The molecule has 1 aliphatic rings. The zero-order chi connectivity index (χ0) is 19.4. The van der Waals surface area contributed by atoms with Gasteiger partial charge in [0.25, 0.3) is 6.43 Å². The highest BCUT2D eigenvalue weighted by Crippen LogP contribution is 2.26. The molecule has 0 saturated carbocycles. The molecule has 1 aromatic heterocycles. The van der Waals surface area contributed by atoms with E-state index in [0.717, 1.165) is 0 Å². The number of nitrogens with one attached hydrogen (secondary N) is 2. The number of anilines is 2. The molecule has 3 rings (SSSR count). The standard InChI is InChI=1S/C18H21F2N5O2/c1-24-11-14(15(23-24)16(19)20)22-18(27)25-9-5-6-12(10-25)17(26)21-13-7-3-2-4-8-13/h2-4,7-8,11-12,16H,5-6,9-10H2,1H3,(H,21,26)(H,22,27). The number of alkyl halides is 2. The van der Waals surface area contributed by atoms with Gasteiger partial charge >= 0.3 is 6.03 Å². The maximum Gasteiger partial charge on any atom is 0.321 e. The van der Waals surface area contributed by atoms with Crippen LogP contribution in [0.15, 0.2) is 36.5 Å². The number of nitrogens with zero attached hydrogens (tertiary/aromatic N) is 3. The van der Waals surface area contributed by atoms with Crippen LogP contribution in [0.4, 0.5) is 25.0 Å². The van der Waals surface area contributed by atoms with E-state index >= 15 is 0 Å². The quantitative estimate of drug-likeness (QED) is 0.859. The number of amides is 3. The summed E-state index contributed by atoms with van der Waals surface area (Å²) in [5.74, 6) is -0.512. The lowest BCUT2D eigenvalue weighted by molar-refractivity contribution is -0.121. The molecule has 1 aromatic carbocycles. The van der Waals surface area contributed by atoms with Crippen LogP contribution in [-0.4, -0.2) is 39.7 Å². The second kappa shape index (κ2) is 8.15. The van der Waals surface area contributed by atoms with Crippen molar-refractivity contribution in [3.63, 3.8) is 0 Å². The minimum absolute atomic E-state index is 0.0200. The van der Waals surface area contributed by atoms with Gasteiger partial charge in [-0.3, -0.25) is 9.48 Å². The summed E-state index contributed by atoms with van der Waals surface area (Å²) in [4.78, 5) is 26.4. The number of carbonyl (C=O) groups is 2. The summed E-state index contributed by atoms with van der Waals surface area (Å²) in [6.45, 7) is 0.694. The Morgan fingerprint density at radius 1 is 1.22 bits per heavy atom. The van der Waals surface area contributed by atoms with E-state index in [2.05, 4.69) is 15.7 Å². The van der Waals surface area contributed by atoms with Crippen molar-refractivity contribution in [3.8, 4) is 0 Å². The van der Waals surface area contributed by atoms with Gasteiger partial charge in [0.15, 0.2) is 5.69 Å². The smallest absolute Gasteiger partial charge is 0.321 e. The molecule has 7 nitrogen and oxygen atoms in total. The van der Waals surface area contributed by atoms with Gasteiger partial charge in [0.2, 0.25) is 5.91 Å². The van der Waals surface area contributed by atoms with E-state index in [-0.39, 0.29) is 24.1 Å². The number of carbonyl (C=O) groups excluding carboxylic acids is 2. The maximum absolute atomic E-state index is 13.0. The SMILES string of the molecule is Cn1cc(NC(=O)N2CCCC(C(=O)Nc3ccccc3)C2)c(C(F)F)n1. The molecule has 1 unspecified atom stereocenters. The van der Waals surface area contributed by atoms with Gasteiger partial charge < -0.3 is 15.5 Å². The van der Waals surface area contributed by atoms with Crippen LogP contribution < -0.4 is 10.6 Å². The number of hydrogen-bond donors (Lipinski definition) is 2. The average molecular weight is 377 g/mol. The van der Waals surface area contributed by atoms with Crippen molar-refractivity contribution in [2.75, 3.05) is 23.7 Å². The summed E-state index contributed by atoms with van der Waals surface area (Å²) in [6, 6.07) is 8.57. The molecule has 2 aromatic rings. The van der Waals surface area contributed by atoms with Crippen molar-refractivity contribution in [3.05, 3.63) is 42.2 Å². The van der Waals surface area contributed by atoms with Gasteiger partial charge in [-0.25, -0.2) is 13.6 Å². The molecular formula is C18H21F2N5O2. The summed E-state index contributed by atoms with van der Waals surface area (Å²) < 4.78 is 27.3. The van der Waals surface area contributed by atoms with Crippen molar-refractivity contribution in [1.82, 2.24) is 14.7 Å². The molecule has 0 bridgehead atoms.